The van der Waals surface area contributed by atoms with E-state index in [1.165, 1.54) is 27.5 Å². The second kappa shape index (κ2) is 10.7. The molecule has 2 aliphatic carbocycles. The van der Waals surface area contributed by atoms with Crippen LogP contribution in [0.2, 0.25) is 0 Å². The van der Waals surface area contributed by atoms with Gasteiger partial charge in [0.1, 0.15) is 5.82 Å². The van der Waals surface area contributed by atoms with E-state index in [1.54, 1.807) is 0 Å². The van der Waals surface area contributed by atoms with E-state index in [0.717, 1.165) is 41.3 Å². The fraction of sp³-hybridized carbons (Fsp3) is 0.200. The molecule has 2 aliphatic rings. The van der Waals surface area contributed by atoms with Crippen LogP contribution in [0.15, 0.2) is 109 Å². The lowest BCUT2D eigenvalue weighted by atomic mass is 9.89. The molecule has 0 radical (unpaired) electrons. The number of aryl methyl sites for hydroxylation is 1. The molecule has 4 aromatic rings. The normalized spacial score (nSPS) is 19.2. The fourth-order valence-corrected chi connectivity index (χ4v) is 5.33. The van der Waals surface area contributed by atoms with Gasteiger partial charge in [0, 0.05) is 34.5 Å². The first-order valence-corrected chi connectivity index (χ1v) is 13.7. The smallest absolute Gasteiger partial charge is 0.163 e. The number of rotatable bonds is 5. The number of nitrogens with zero attached hydrogens (tertiary/aromatic N) is 4. The minimum Gasteiger partial charge on any atom is -0.261 e. The Bertz CT molecular complexity index is 1700. The van der Waals surface area contributed by atoms with Crippen LogP contribution in [-0.4, -0.2) is 19.9 Å². The fourth-order valence-electron chi connectivity index (χ4n) is 5.33. The Hall–Kier alpha value is -4.44. The van der Waals surface area contributed by atoms with Crippen LogP contribution in [0.25, 0.3) is 33.3 Å². The van der Waals surface area contributed by atoms with Crippen LogP contribution in [-0.2, 0) is 0 Å². The van der Waals surface area contributed by atoms with Gasteiger partial charge in [-0.3, -0.25) is 4.98 Å². The Morgan fingerprint density at radius 2 is 1.67 bits per heavy atom. The Morgan fingerprint density at radius 1 is 0.846 bits per heavy atom. The quantitative estimate of drug-likeness (QED) is 0.271. The van der Waals surface area contributed by atoms with Gasteiger partial charge in [-0.2, -0.15) is 0 Å². The number of allylic oxidation sites excluding steroid dienone is 10. The van der Waals surface area contributed by atoms with Crippen LogP contribution in [0.3, 0.4) is 0 Å². The van der Waals surface area contributed by atoms with E-state index in [2.05, 4.69) is 117 Å². The van der Waals surface area contributed by atoms with Gasteiger partial charge in [0.05, 0.1) is 0 Å². The van der Waals surface area contributed by atoms with Crippen LogP contribution in [0.5, 0.6) is 0 Å². The molecular formula is C35H32N4. The largest absolute Gasteiger partial charge is 0.261 e. The third-order valence-corrected chi connectivity index (χ3v) is 7.61. The van der Waals surface area contributed by atoms with E-state index >= 15 is 0 Å². The highest BCUT2D eigenvalue weighted by atomic mass is 15.0. The number of aromatic nitrogens is 4. The molecular weight excluding hydrogens is 476 g/mol. The first kappa shape index (κ1) is 24.9. The predicted molar refractivity (Wildman–Crippen MR) is 161 cm³/mol. The second-order valence-electron chi connectivity index (χ2n) is 10.3. The zero-order chi connectivity index (χ0) is 26.8. The molecule has 2 heterocycles. The van der Waals surface area contributed by atoms with Crippen molar-refractivity contribution in [3.05, 3.63) is 132 Å². The summed E-state index contributed by atoms with van der Waals surface area (Å²) < 4.78 is 0. The Morgan fingerprint density at radius 3 is 2.46 bits per heavy atom. The first-order valence-electron chi connectivity index (χ1n) is 13.7. The third kappa shape index (κ3) is 5.15. The molecule has 0 N–H and O–H groups in total. The summed E-state index contributed by atoms with van der Waals surface area (Å²) in [4.78, 5) is 19.6. The minimum absolute atomic E-state index is 0.0776. The lowest BCUT2D eigenvalue weighted by molar-refractivity contribution is 0.704. The van der Waals surface area contributed by atoms with Crippen molar-refractivity contribution in [1.29, 1.82) is 0 Å². The third-order valence-electron chi connectivity index (χ3n) is 7.61. The summed E-state index contributed by atoms with van der Waals surface area (Å²) in [5, 5.41) is 2.38. The molecule has 2 unspecified atom stereocenters. The Kier molecular flexibility index (Phi) is 6.85. The van der Waals surface area contributed by atoms with Gasteiger partial charge >= 0.3 is 0 Å². The average Bonchev–Trinajstić information content (AvgIpc) is 2.98. The van der Waals surface area contributed by atoms with E-state index in [1.807, 2.05) is 12.3 Å². The van der Waals surface area contributed by atoms with Crippen LogP contribution >= 0.6 is 0 Å². The highest BCUT2D eigenvalue weighted by Crippen LogP contribution is 2.33. The zero-order valence-electron chi connectivity index (χ0n) is 22.7. The minimum atomic E-state index is 0.0776. The van der Waals surface area contributed by atoms with Gasteiger partial charge in [-0.1, -0.05) is 85.8 Å². The predicted octanol–water partition coefficient (Wildman–Crippen LogP) is 8.45. The number of hydrogen-bond donors (Lipinski definition) is 0. The first-order chi connectivity index (χ1) is 19.1. The summed E-state index contributed by atoms with van der Waals surface area (Å²) in [6, 6.07) is 19.0. The van der Waals surface area contributed by atoms with E-state index < -0.39 is 0 Å². The molecule has 39 heavy (non-hydrogen) atoms. The zero-order valence-corrected chi connectivity index (χ0v) is 22.7. The molecule has 4 heteroatoms. The van der Waals surface area contributed by atoms with Crippen LogP contribution < -0.4 is 0 Å². The standard InChI is InChI=1S/C35H32N4/c1-4-8-28-21-30(13-12-23(28)2)34-37-33(27-17-15-26(16-18-27)32-11-7-20-36-24(32)3)38-35(39-34)31-19-14-25-9-5-6-10-29(25)22-31/h4-11,13-17,19-23,27H,12,18H2,1-3H3/b8-4-. The molecule has 0 aliphatic heterocycles. The summed E-state index contributed by atoms with van der Waals surface area (Å²) in [6.07, 6.45) is 19.1. The lowest BCUT2D eigenvalue weighted by Crippen LogP contribution is -2.11. The Balaban J connectivity index is 1.41. The molecule has 0 spiro atoms. The van der Waals surface area contributed by atoms with Crippen molar-refractivity contribution in [2.45, 2.75) is 39.5 Å². The van der Waals surface area contributed by atoms with Crippen molar-refractivity contribution in [2.24, 2.45) is 5.92 Å². The molecule has 0 saturated carbocycles. The maximum Gasteiger partial charge on any atom is 0.163 e. The van der Waals surface area contributed by atoms with E-state index in [0.29, 0.717) is 11.7 Å². The highest BCUT2D eigenvalue weighted by Gasteiger charge is 2.21. The van der Waals surface area contributed by atoms with Gasteiger partial charge in [-0.05, 0) is 72.7 Å². The highest BCUT2D eigenvalue weighted by molar-refractivity contribution is 5.86. The van der Waals surface area contributed by atoms with Crippen molar-refractivity contribution in [2.75, 3.05) is 0 Å². The molecule has 192 valence electrons. The molecule has 0 amide bonds. The molecule has 0 saturated heterocycles. The van der Waals surface area contributed by atoms with E-state index in [-0.39, 0.29) is 5.92 Å². The van der Waals surface area contributed by atoms with Crippen molar-refractivity contribution in [3.63, 3.8) is 0 Å². The lowest BCUT2D eigenvalue weighted by Gasteiger charge is -2.20. The van der Waals surface area contributed by atoms with Crippen molar-refractivity contribution >= 4 is 21.9 Å². The summed E-state index contributed by atoms with van der Waals surface area (Å²) in [5.41, 5.74) is 6.78. The van der Waals surface area contributed by atoms with Gasteiger partial charge in [-0.25, -0.2) is 15.0 Å². The average molecular weight is 509 g/mol. The maximum atomic E-state index is 5.05. The van der Waals surface area contributed by atoms with E-state index in [9.17, 15) is 0 Å². The molecule has 0 fully saturated rings. The second-order valence-corrected chi connectivity index (χ2v) is 10.3. The molecule has 0 bridgehead atoms. The molecule has 4 nitrogen and oxygen atoms in total. The maximum absolute atomic E-state index is 5.05. The van der Waals surface area contributed by atoms with Crippen LogP contribution in [0, 0.1) is 12.8 Å². The summed E-state index contributed by atoms with van der Waals surface area (Å²) >= 11 is 0. The number of fused-ring (bicyclic) bond motifs is 1. The van der Waals surface area contributed by atoms with Gasteiger partial charge in [0.2, 0.25) is 0 Å². The molecule has 2 aromatic carbocycles. The molecule has 6 rings (SSSR count). The number of pyridine rings is 1. The Labute approximate surface area is 230 Å². The summed E-state index contributed by atoms with van der Waals surface area (Å²) in [5.74, 6) is 2.81. The molecule has 2 atom stereocenters. The summed E-state index contributed by atoms with van der Waals surface area (Å²) in [6.45, 7) is 6.38. The molecule has 2 aromatic heterocycles. The van der Waals surface area contributed by atoms with Gasteiger partial charge in [-0.15, -0.1) is 0 Å². The number of benzene rings is 2. The van der Waals surface area contributed by atoms with Gasteiger partial charge < -0.3 is 0 Å². The van der Waals surface area contributed by atoms with Crippen molar-refractivity contribution in [1.82, 2.24) is 19.9 Å². The van der Waals surface area contributed by atoms with Gasteiger partial charge in [0.15, 0.2) is 11.6 Å². The van der Waals surface area contributed by atoms with E-state index in [4.69, 9.17) is 15.0 Å². The van der Waals surface area contributed by atoms with Crippen LogP contribution in [0.1, 0.15) is 55.5 Å². The van der Waals surface area contributed by atoms with Crippen molar-refractivity contribution in [3.8, 4) is 11.4 Å². The van der Waals surface area contributed by atoms with Crippen LogP contribution in [0.4, 0.5) is 0 Å². The van der Waals surface area contributed by atoms with Crippen molar-refractivity contribution < 1.29 is 0 Å². The topological polar surface area (TPSA) is 51.6 Å². The number of hydrogen-bond acceptors (Lipinski definition) is 4. The summed E-state index contributed by atoms with van der Waals surface area (Å²) in [7, 11) is 0. The van der Waals surface area contributed by atoms with Gasteiger partial charge in [0.25, 0.3) is 0 Å². The SMILES string of the molecule is C/C=C\C1=CC(c2nc(-c3ccc4ccccc4c3)nc(C3C=CC(c4cccnc4C)=CC3)n2)=CCC1C. The monoisotopic (exact) mass is 508 g/mol.